The molecule has 0 aliphatic carbocycles. The minimum Gasteiger partial charge on any atom is -0.396 e. The van der Waals surface area contributed by atoms with Gasteiger partial charge in [-0.25, -0.2) is 0 Å². The summed E-state index contributed by atoms with van der Waals surface area (Å²) >= 11 is 0. The third-order valence-electron chi connectivity index (χ3n) is 3.83. The fourth-order valence-corrected chi connectivity index (χ4v) is 1.50. The van der Waals surface area contributed by atoms with E-state index in [2.05, 4.69) is 0 Å². The first-order valence-electron chi connectivity index (χ1n) is 6.23. The van der Waals surface area contributed by atoms with Crippen LogP contribution in [-0.2, 0) is 4.74 Å². The fraction of sp³-hybridized carbons (Fsp3) is 1.00. The Morgan fingerprint density at radius 3 is 1.67 bits per heavy atom. The maximum absolute atomic E-state index is 9.90. The van der Waals surface area contributed by atoms with Crippen LogP contribution in [0.1, 0.15) is 26.7 Å². The molecule has 0 rings (SSSR count). The summed E-state index contributed by atoms with van der Waals surface area (Å²) in [4.78, 5) is 0. The van der Waals surface area contributed by atoms with Crippen LogP contribution in [0.3, 0.4) is 0 Å². The zero-order valence-corrected chi connectivity index (χ0v) is 11.2. The summed E-state index contributed by atoms with van der Waals surface area (Å²) in [7, 11) is 0. The summed E-state index contributed by atoms with van der Waals surface area (Å²) in [5, 5.41) is 46.9. The van der Waals surface area contributed by atoms with Crippen molar-refractivity contribution in [2.75, 3.05) is 33.0 Å². The molecule has 0 spiro atoms. The predicted molar refractivity (Wildman–Crippen MR) is 65.8 cm³/mol. The molecule has 6 nitrogen and oxygen atoms in total. The van der Waals surface area contributed by atoms with Gasteiger partial charge in [0.25, 0.3) is 0 Å². The molecule has 0 heterocycles. The van der Waals surface area contributed by atoms with E-state index < -0.39 is 30.3 Å². The standard InChI is InChI=1S/C12H26O6/c1-3-11(5-13,6-14)9-18-10(17)12(4-2,7-15)8-16/h10,13-17H,3-9H2,1-2H3. The van der Waals surface area contributed by atoms with Gasteiger partial charge in [0.15, 0.2) is 6.29 Å². The minimum absolute atomic E-state index is 0.0422. The van der Waals surface area contributed by atoms with Crippen molar-refractivity contribution in [3.8, 4) is 0 Å². The second kappa shape index (κ2) is 8.04. The maximum Gasteiger partial charge on any atom is 0.164 e. The largest absolute Gasteiger partial charge is 0.396 e. The van der Waals surface area contributed by atoms with Crippen molar-refractivity contribution in [3.05, 3.63) is 0 Å². The van der Waals surface area contributed by atoms with Crippen molar-refractivity contribution in [1.82, 2.24) is 0 Å². The molecule has 0 saturated heterocycles. The van der Waals surface area contributed by atoms with E-state index in [1.54, 1.807) is 13.8 Å². The quantitative estimate of drug-likeness (QED) is 0.327. The van der Waals surface area contributed by atoms with E-state index in [1.165, 1.54) is 0 Å². The summed E-state index contributed by atoms with van der Waals surface area (Å²) in [6, 6.07) is 0. The van der Waals surface area contributed by atoms with Gasteiger partial charge in [0.05, 0.1) is 38.4 Å². The number of aliphatic hydroxyl groups excluding tert-OH is 5. The van der Waals surface area contributed by atoms with E-state index in [-0.39, 0.29) is 19.8 Å². The molecular formula is C12H26O6. The van der Waals surface area contributed by atoms with Crippen LogP contribution in [0.2, 0.25) is 0 Å². The molecule has 0 aromatic rings. The molecule has 0 aliphatic heterocycles. The molecule has 0 radical (unpaired) electrons. The van der Waals surface area contributed by atoms with Crippen LogP contribution in [-0.4, -0.2) is 64.9 Å². The Kier molecular flexibility index (Phi) is 7.93. The third-order valence-corrected chi connectivity index (χ3v) is 3.83. The highest BCUT2D eigenvalue weighted by Gasteiger charge is 2.38. The Balaban J connectivity index is 4.60. The summed E-state index contributed by atoms with van der Waals surface area (Å²) < 4.78 is 5.23. The molecule has 5 N–H and O–H groups in total. The van der Waals surface area contributed by atoms with Gasteiger partial charge in [-0.1, -0.05) is 13.8 Å². The van der Waals surface area contributed by atoms with Gasteiger partial charge in [-0.15, -0.1) is 0 Å². The van der Waals surface area contributed by atoms with Crippen LogP contribution in [0, 0.1) is 10.8 Å². The average molecular weight is 266 g/mol. The summed E-state index contributed by atoms with van der Waals surface area (Å²) in [5.41, 5.74) is -1.93. The number of aliphatic hydroxyl groups is 5. The molecule has 1 unspecified atom stereocenters. The molecule has 1 atom stereocenters. The molecule has 110 valence electrons. The molecule has 0 bridgehead atoms. The Bertz CT molecular complexity index is 196. The van der Waals surface area contributed by atoms with E-state index in [9.17, 15) is 25.5 Å². The van der Waals surface area contributed by atoms with Crippen molar-refractivity contribution in [3.63, 3.8) is 0 Å². The molecule has 6 heteroatoms. The Morgan fingerprint density at radius 2 is 1.39 bits per heavy atom. The smallest absolute Gasteiger partial charge is 0.164 e. The van der Waals surface area contributed by atoms with Gasteiger partial charge < -0.3 is 30.3 Å². The number of hydrogen-bond acceptors (Lipinski definition) is 6. The lowest BCUT2D eigenvalue weighted by molar-refractivity contribution is -0.219. The van der Waals surface area contributed by atoms with Gasteiger partial charge in [-0.05, 0) is 12.8 Å². The van der Waals surface area contributed by atoms with E-state index in [0.717, 1.165) is 0 Å². The molecule has 0 fully saturated rings. The molecule has 0 aromatic carbocycles. The first-order chi connectivity index (χ1) is 8.49. The van der Waals surface area contributed by atoms with E-state index in [4.69, 9.17) is 4.74 Å². The lowest BCUT2D eigenvalue weighted by Gasteiger charge is -2.36. The lowest BCUT2D eigenvalue weighted by Crippen LogP contribution is -2.46. The monoisotopic (exact) mass is 266 g/mol. The minimum atomic E-state index is -1.35. The third kappa shape index (κ3) is 3.88. The molecule has 0 saturated carbocycles. The summed E-state index contributed by atoms with van der Waals surface area (Å²) in [6.07, 6.45) is -0.510. The Morgan fingerprint density at radius 1 is 0.889 bits per heavy atom. The van der Waals surface area contributed by atoms with Gasteiger partial charge in [-0.3, -0.25) is 0 Å². The van der Waals surface area contributed by atoms with Crippen LogP contribution in [0.25, 0.3) is 0 Å². The molecule has 0 aliphatic rings. The highest BCUT2D eigenvalue weighted by atomic mass is 16.6. The van der Waals surface area contributed by atoms with Gasteiger partial charge in [0, 0.05) is 5.41 Å². The zero-order valence-electron chi connectivity index (χ0n) is 11.2. The summed E-state index contributed by atoms with van der Waals surface area (Å²) in [5.74, 6) is 0. The van der Waals surface area contributed by atoms with Crippen molar-refractivity contribution in [2.24, 2.45) is 10.8 Å². The second-order valence-electron chi connectivity index (χ2n) is 4.87. The Labute approximate surface area is 108 Å². The van der Waals surface area contributed by atoms with Gasteiger partial charge in [0.1, 0.15) is 0 Å². The molecule has 0 amide bonds. The first kappa shape index (κ1) is 17.8. The van der Waals surface area contributed by atoms with Crippen LogP contribution < -0.4 is 0 Å². The first-order valence-corrected chi connectivity index (χ1v) is 6.23. The van der Waals surface area contributed by atoms with Gasteiger partial charge in [-0.2, -0.15) is 0 Å². The Hall–Kier alpha value is -0.240. The van der Waals surface area contributed by atoms with E-state index in [0.29, 0.717) is 12.8 Å². The number of rotatable bonds is 10. The normalized spacial score (nSPS) is 14.8. The molecular weight excluding hydrogens is 240 g/mol. The molecule has 0 aromatic heterocycles. The SMILES string of the molecule is CCC(CO)(CO)COC(O)C(CC)(CO)CO. The highest BCUT2D eigenvalue weighted by molar-refractivity contribution is 4.81. The number of ether oxygens (including phenoxy) is 1. The van der Waals surface area contributed by atoms with Crippen molar-refractivity contribution < 1.29 is 30.3 Å². The van der Waals surface area contributed by atoms with E-state index >= 15 is 0 Å². The van der Waals surface area contributed by atoms with Crippen LogP contribution in [0.15, 0.2) is 0 Å². The van der Waals surface area contributed by atoms with Crippen molar-refractivity contribution in [1.29, 1.82) is 0 Å². The fourth-order valence-electron chi connectivity index (χ4n) is 1.50. The van der Waals surface area contributed by atoms with Gasteiger partial charge >= 0.3 is 0 Å². The van der Waals surface area contributed by atoms with Gasteiger partial charge in [0.2, 0.25) is 0 Å². The predicted octanol–water partition coefficient (Wildman–Crippen LogP) is -0.917. The average Bonchev–Trinajstić information content (AvgIpc) is 2.43. The molecule has 18 heavy (non-hydrogen) atoms. The van der Waals surface area contributed by atoms with Crippen LogP contribution in [0.5, 0.6) is 0 Å². The summed E-state index contributed by atoms with van der Waals surface area (Å²) in [6.45, 7) is 2.15. The number of hydrogen-bond donors (Lipinski definition) is 5. The van der Waals surface area contributed by atoms with Crippen LogP contribution >= 0.6 is 0 Å². The maximum atomic E-state index is 9.90. The van der Waals surface area contributed by atoms with E-state index in [1.807, 2.05) is 0 Å². The topological polar surface area (TPSA) is 110 Å². The highest BCUT2D eigenvalue weighted by Crippen LogP contribution is 2.29. The lowest BCUT2D eigenvalue weighted by atomic mass is 9.85. The van der Waals surface area contributed by atoms with Crippen LogP contribution in [0.4, 0.5) is 0 Å². The van der Waals surface area contributed by atoms with Crippen molar-refractivity contribution >= 4 is 0 Å². The zero-order chi connectivity index (χ0) is 14.2. The second-order valence-corrected chi connectivity index (χ2v) is 4.87. The van der Waals surface area contributed by atoms with Crippen molar-refractivity contribution in [2.45, 2.75) is 33.0 Å².